The number of nitrogens with zero attached hydrogens (tertiary/aromatic N) is 1. The van der Waals surface area contributed by atoms with Crippen molar-refractivity contribution in [2.75, 3.05) is 19.1 Å². The molecule has 100 valence electrons. The van der Waals surface area contributed by atoms with E-state index in [2.05, 4.69) is 0 Å². The Kier molecular flexibility index (Phi) is 4.02. The molecule has 0 aliphatic carbocycles. The van der Waals surface area contributed by atoms with Crippen molar-refractivity contribution in [3.8, 4) is 5.75 Å². The molecule has 0 bridgehead atoms. The van der Waals surface area contributed by atoms with Crippen LogP contribution in [0.4, 0.5) is 15.8 Å². The van der Waals surface area contributed by atoms with Gasteiger partial charge in [-0.1, -0.05) is 12.1 Å². The molecule has 0 aliphatic rings. The first-order valence-corrected chi connectivity index (χ1v) is 5.93. The third kappa shape index (κ3) is 2.69. The molecule has 0 saturated heterocycles. The topological polar surface area (TPSA) is 32.7 Å². The molecule has 0 radical (unpaired) electrons. The number of anilines is 2. The summed E-state index contributed by atoms with van der Waals surface area (Å²) in [5.74, 6) is 0.387. The fraction of sp³-hybridized carbons (Fsp3) is 0.200. The van der Waals surface area contributed by atoms with Gasteiger partial charge in [-0.3, -0.25) is 0 Å². The number of aliphatic hydroxyl groups is 1. The van der Waals surface area contributed by atoms with E-state index in [1.807, 2.05) is 24.3 Å². The Labute approximate surface area is 111 Å². The van der Waals surface area contributed by atoms with Gasteiger partial charge in [-0.05, 0) is 30.3 Å². The van der Waals surface area contributed by atoms with E-state index >= 15 is 0 Å². The monoisotopic (exact) mass is 261 g/mol. The first-order chi connectivity index (χ1) is 9.17. The summed E-state index contributed by atoms with van der Waals surface area (Å²) < 4.78 is 19.0. The highest BCUT2D eigenvalue weighted by atomic mass is 19.1. The predicted octanol–water partition coefficient (Wildman–Crippen LogP) is 3.09. The minimum Gasteiger partial charge on any atom is -0.497 e. The minimum atomic E-state index is -0.357. The van der Waals surface area contributed by atoms with Gasteiger partial charge in [0.05, 0.1) is 19.4 Å². The highest BCUT2D eigenvalue weighted by Gasteiger charge is 2.13. The number of hydrogen-bond acceptors (Lipinski definition) is 3. The van der Waals surface area contributed by atoms with Crippen LogP contribution in [0.5, 0.6) is 5.75 Å². The van der Waals surface area contributed by atoms with E-state index in [-0.39, 0.29) is 12.4 Å². The van der Waals surface area contributed by atoms with Crippen molar-refractivity contribution >= 4 is 11.4 Å². The zero-order chi connectivity index (χ0) is 13.8. The second kappa shape index (κ2) is 5.71. The van der Waals surface area contributed by atoms with Crippen molar-refractivity contribution in [3.63, 3.8) is 0 Å². The van der Waals surface area contributed by atoms with E-state index < -0.39 is 0 Å². The fourth-order valence-corrected chi connectivity index (χ4v) is 2.00. The molecule has 0 atom stereocenters. The van der Waals surface area contributed by atoms with Gasteiger partial charge >= 0.3 is 0 Å². The Morgan fingerprint density at radius 1 is 1.16 bits per heavy atom. The highest BCUT2D eigenvalue weighted by molar-refractivity contribution is 5.66. The second-order valence-electron chi connectivity index (χ2n) is 4.16. The Bertz CT molecular complexity index is 555. The highest BCUT2D eigenvalue weighted by Crippen LogP contribution is 2.30. The van der Waals surface area contributed by atoms with Crippen LogP contribution in [0.2, 0.25) is 0 Å². The van der Waals surface area contributed by atoms with E-state index in [4.69, 9.17) is 4.74 Å². The summed E-state index contributed by atoms with van der Waals surface area (Å²) in [6.07, 6.45) is 0. The molecule has 0 amide bonds. The molecule has 0 fully saturated rings. The third-order valence-corrected chi connectivity index (χ3v) is 3.04. The van der Waals surface area contributed by atoms with Crippen LogP contribution in [-0.2, 0) is 6.61 Å². The number of aliphatic hydroxyl groups excluding tert-OH is 1. The van der Waals surface area contributed by atoms with Gasteiger partial charge in [-0.2, -0.15) is 0 Å². The first-order valence-electron chi connectivity index (χ1n) is 5.93. The van der Waals surface area contributed by atoms with Gasteiger partial charge in [-0.15, -0.1) is 0 Å². The number of halogens is 1. The average Bonchev–Trinajstić information content (AvgIpc) is 2.46. The van der Waals surface area contributed by atoms with Crippen molar-refractivity contribution in [1.29, 1.82) is 0 Å². The second-order valence-corrected chi connectivity index (χ2v) is 4.16. The number of methoxy groups -OCH3 is 1. The quantitative estimate of drug-likeness (QED) is 0.918. The number of hydrogen-bond donors (Lipinski definition) is 1. The van der Waals surface area contributed by atoms with Crippen molar-refractivity contribution in [2.45, 2.75) is 6.61 Å². The van der Waals surface area contributed by atoms with Crippen LogP contribution >= 0.6 is 0 Å². The third-order valence-electron chi connectivity index (χ3n) is 3.04. The van der Waals surface area contributed by atoms with Gasteiger partial charge in [0.25, 0.3) is 0 Å². The number of benzene rings is 2. The van der Waals surface area contributed by atoms with Crippen LogP contribution in [0, 0.1) is 5.82 Å². The molecular formula is C15H16FNO2. The van der Waals surface area contributed by atoms with Gasteiger partial charge in [0.15, 0.2) is 0 Å². The minimum absolute atomic E-state index is 0.201. The normalized spacial score (nSPS) is 10.3. The summed E-state index contributed by atoms with van der Waals surface area (Å²) in [5, 5.41) is 9.31. The van der Waals surface area contributed by atoms with Crippen LogP contribution in [0.15, 0.2) is 42.5 Å². The smallest absolute Gasteiger partial charge is 0.147 e. The average molecular weight is 261 g/mol. The van der Waals surface area contributed by atoms with Gasteiger partial charge in [-0.25, -0.2) is 4.39 Å². The zero-order valence-corrected chi connectivity index (χ0v) is 10.9. The Morgan fingerprint density at radius 3 is 2.42 bits per heavy atom. The molecule has 2 rings (SSSR count). The molecule has 0 aliphatic heterocycles. The molecule has 4 heteroatoms. The Hall–Kier alpha value is -2.07. The van der Waals surface area contributed by atoms with Crippen molar-refractivity contribution in [2.24, 2.45) is 0 Å². The number of ether oxygens (including phenoxy) is 1. The van der Waals surface area contributed by atoms with E-state index in [0.717, 1.165) is 11.4 Å². The van der Waals surface area contributed by atoms with Gasteiger partial charge in [0.2, 0.25) is 0 Å². The van der Waals surface area contributed by atoms with E-state index in [1.165, 1.54) is 6.07 Å². The lowest BCUT2D eigenvalue weighted by molar-refractivity contribution is 0.281. The van der Waals surface area contributed by atoms with Gasteiger partial charge in [0, 0.05) is 18.3 Å². The first kappa shape index (κ1) is 13.4. The summed E-state index contributed by atoms with van der Waals surface area (Å²) in [4.78, 5) is 1.71. The van der Waals surface area contributed by atoms with Gasteiger partial charge < -0.3 is 14.7 Å². The molecule has 0 unspecified atom stereocenters. The van der Waals surface area contributed by atoms with Crippen LogP contribution < -0.4 is 9.64 Å². The molecule has 0 saturated carbocycles. The summed E-state index contributed by atoms with van der Waals surface area (Å²) in [6.45, 7) is -0.201. The molecule has 3 nitrogen and oxygen atoms in total. The van der Waals surface area contributed by atoms with Crippen LogP contribution in [-0.4, -0.2) is 19.3 Å². The molecule has 1 N–H and O–H groups in total. The summed E-state index contributed by atoms with van der Waals surface area (Å²) in [7, 11) is 3.36. The standard InChI is InChI=1S/C15H16FNO2/c1-17(12-6-8-13(19-2)9-7-12)15-11(10-18)4-3-5-14(15)16/h3-9,18H,10H2,1-2H3. The van der Waals surface area contributed by atoms with Crippen molar-refractivity contribution in [1.82, 2.24) is 0 Å². The lowest BCUT2D eigenvalue weighted by atomic mass is 10.1. The molecule has 2 aromatic rings. The molecule has 0 aromatic heterocycles. The van der Waals surface area contributed by atoms with E-state index in [0.29, 0.717) is 11.3 Å². The summed E-state index contributed by atoms with van der Waals surface area (Å²) >= 11 is 0. The molecule has 0 heterocycles. The fourth-order valence-electron chi connectivity index (χ4n) is 2.00. The Morgan fingerprint density at radius 2 is 1.84 bits per heavy atom. The van der Waals surface area contributed by atoms with Crippen molar-refractivity contribution in [3.05, 3.63) is 53.8 Å². The van der Waals surface area contributed by atoms with Crippen LogP contribution in [0.1, 0.15) is 5.56 Å². The largest absolute Gasteiger partial charge is 0.497 e. The number of rotatable bonds is 4. The molecule has 2 aromatic carbocycles. The SMILES string of the molecule is COc1ccc(N(C)c2c(F)cccc2CO)cc1. The van der Waals surface area contributed by atoms with Gasteiger partial charge in [0.1, 0.15) is 11.6 Å². The van der Waals surface area contributed by atoms with Crippen LogP contribution in [0.25, 0.3) is 0 Å². The molecule has 0 spiro atoms. The van der Waals surface area contributed by atoms with Crippen LogP contribution in [0.3, 0.4) is 0 Å². The Balaban J connectivity index is 2.40. The maximum Gasteiger partial charge on any atom is 0.147 e. The maximum atomic E-state index is 13.9. The zero-order valence-electron chi connectivity index (χ0n) is 10.9. The molecular weight excluding hydrogens is 245 g/mol. The van der Waals surface area contributed by atoms with E-state index in [9.17, 15) is 9.50 Å². The summed E-state index contributed by atoms with van der Waals surface area (Å²) in [5.41, 5.74) is 1.76. The molecule has 19 heavy (non-hydrogen) atoms. The van der Waals surface area contributed by atoms with Crippen molar-refractivity contribution < 1.29 is 14.2 Å². The van der Waals surface area contributed by atoms with E-state index in [1.54, 1.807) is 31.2 Å². The number of para-hydroxylation sites is 1. The predicted molar refractivity (Wildman–Crippen MR) is 73.4 cm³/mol. The maximum absolute atomic E-state index is 13.9. The lowest BCUT2D eigenvalue weighted by Gasteiger charge is -2.22. The summed E-state index contributed by atoms with van der Waals surface area (Å²) in [6, 6.07) is 12.0. The lowest BCUT2D eigenvalue weighted by Crippen LogP contribution is -2.13.